The smallest absolute Gasteiger partial charge is 0.423 e. The summed E-state index contributed by atoms with van der Waals surface area (Å²) in [5.41, 5.74) is 1.01. The van der Waals surface area contributed by atoms with Gasteiger partial charge in [0.25, 0.3) is 0 Å². The van der Waals surface area contributed by atoms with E-state index in [0.717, 1.165) is 5.56 Å². The number of imidazole rings is 1. The molecule has 0 spiro atoms. The van der Waals surface area contributed by atoms with Gasteiger partial charge in [-0.15, -0.1) is 0 Å². The molecular formula is C17H17F3N2O5. The van der Waals surface area contributed by atoms with Crippen molar-refractivity contribution in [3.8, 4) is 0 Å². The Labute approximate surface area is 152 Å². The summed E-state index contributed by atoms with van der Waals surface area (Å²) in [6.07, 6.45) is -5.94. The molecule has 0 saturated heterocycles. The van der Waals surface area contributed by atoms with Crippen LogP contribution < -0.4 is 0 Å². The van der Waals surface area contributed by atoms with Crippen LogP contribution in [-0.2, 0) is 14.2 Å². The predicted octanol–water partition coefficient (Wildman–Crippen LogP) is 3.71. The maximum absolute atomic E-state index is 12.3. The lowest BCUT2D eigenvalue weighted by atomic mass is 10.1. The van der Waals surface area contributed by atoms with Crippen LogP contribution in [0.2, 0.25) is 0 Å². The van der Waals surface area contributed by atoms with Crippen molar-refractivity contribution in [3.63, 3.8) is 0 Å². The molecule has 0 saturated carbocycles. The highest BCUT2D eigenvalue weighted by Crippen LogP contribution is 2.23. The van der Waals surface area contributed by atoms with Gasteiger partial charge in [0.2, 0.25) is 6.79 Å². The van der Waals surface area contributed by atoms with Crippen molar-refractivity contribution in [2.45, 2.75) is 32.2 Å². The maximum Gasteiger partial charge on any atom is 0.511 e. The highest BCUT2D eigenvalue weighted by molar-refractivity contribution is 5.87. The van der Waals surface area contributed by atoms with Gasteiger partial charge >= 0.3 is 18.3 Å². The van der Waals surface area contributed by atoms with Crippen LogP contribution in [0.5, 0.6) is 0 Å². The molecule has 1 aromatic carbocycles. The van der Waals surface area contributed by atoms with Gasteiger partial charge in [0, 0.05) is 0 Å². The number of rotatable bonds is 6. The highest BCUT2D eigenvalue weighted by atomic mass is 19.4. The maximum atomic E-state index is 12.3. The van der Waals surface area contributed by atoms with Crippen LogP contribution in [0, 0.1) is 0 Å². The number of esters is 1. The minimum absolute atomic E-state index is 0.0898. The third-order valence-corrected chi connectivity index (χ3v) is 3.68. The van der Waals surface area contributed by atoms with Gasteiger partial charge in [-0.3, -0.25) is 0 Å². The van der Waals surface area contributed by atoms with Crippen LogP contribution in [0.4, 0.5) is 18.0 Å². The summed E-state index contributed by atoms with van der Waals surface area (Å²) in [6, 6.07) is 9.08. The zero-order valence-electron chi connectivity index (χ0n) is 14.5. The number of benzene rings is 1. The van der Waals surface area contributed by atoms with Crippen molar-refractivity contribution in [2.24, 2.45) is 0 Å². The number of ether oxygens (including phenoxy) is 3. The minimum atomic E-state index is -4.71. The fraction of sp³-hybridized carbons (Fsp3) is 0.353. The molecular weight excluding hydrogens is 369 g/mol. The standard InChI is InChI=1S/C17H17F3N2O5/c1-11(13-6-4-3-5-7-13)22-9-21-8-14(22)15(23)25-10-26-16(24)27-12(2)17(18,19)20/h3-9,11-12H,10H2,1-2H3/t11-,12?/m1/s1. The molecule has 2 aromatic rings. The Hall–Kier alpha value is -3.04. The molecule has 1 unspecified atom stereocenters. The summed E-state index contributed by atoms with van der Waals surface area (Å²) in [5, 5.41) is 0. The zero-order chi connectivity index (χ0) is 20.0. The van der Waals surface area contributed by atoms with E-state index in [9.17, 15) is 22.8 Å². The number of carbonyl (C=O) groups excluding carboxylic acids is 2. The van der Waals surface area contributed by atoms with Crippen molar-refractivity contribution in [3.05, 3.63) is 54.1 Å². The molecule has 0 aliphatic carbocycles. The second kappa shape index (κ2) is 8.56. The van der Waals surface area contributed by atoms with Gasteiger partial charge in [0.15, 0.2) is 6.10 Å². The number of carbonyl (C=O) groups is 2. The highest BCUT2D eigenvalue weighted by Gasteiger charge is 2.39. The normalized spacial score (nSPS) is 13.5. The lowest BCUT2D eigenvalue weighted by Gasteiger charge is -2.17. The Kier molecular flexibility index (Phi) is 6.43. The van der Waals surface area contributed by atoms with E-state index in [1.807, 2.05) is 37.3 Å². The molecule has 0 N–H and O–H groups in total. The molecule has 0 amide bonds. The Morgan fingerprint density at radius 2 is 1.81 bits per heavy atom. The summed E-state index contributed by atoms with van der Waals surface area (Å²) < 4.78 is 51.5. The molecule has 0 aliphatic rings. The van der Waals surface area contributed by atoms with Gasteiger partial charge in [-0.1, -0.05) is 30.3 Å². The average molecular weight is 386 g/mol. The molecule has 0 radical (unpaired) electrons. The molecule has 146 valence electrons. The van der Waals surface area contributed by atoms with Crippen LogP contribution in [0.1, 0.15) is 35.9 Å². The van der Waals surface area contributed by atoms with E-state index in [-0.39, 0.29) is 11.7 Å². The Morgan fingerprint density at radius 3 is 2.44 bits per heavy atom. The second-order valence-corrected chi connectivity index (χ2v) is 5.52. The molecule has 1 aromatic heterocycles. The summed E-state index contributed by atoms with van der Waals surface area (Å²) in [5.74, 6) is -0.855. The molecule has 2 rings (SSSR count). The third kappa shape index (κ3) is 5.47. The van der Waals surface area contributed by atoms with Crippen molar-refractivity contribution >= 4 is 12.1 Å². The van der Waals surface area contributed by atoms with E-state index in [0.29, 0.717) is 6.92 Å². The zero-order valence-corrected chi connectivity index (χ0v) is 14.5. The first kappa shape index (κ1) is 20.3. The van der Waals surface area contributed by atoms with Crippen LogP contribution in [0.15, 0.2) is 42.9 Å². The number of nitrogens with zero attached hydrogens (tertiary/aromatic N) is 2. The fourth-order valence-corrected chi connectivity index (χ4v) is 2.11. The van der Waals surface area contributed by atoms with Crippen LogP contribution >= 0.6 is 0 Å². The summed E-state index contributed by atoms with van der Waals surface area (Å²) in [7, 11) is 0. The SMILES string of the molecule is CC(OC(=O)OCOC(=O)c1cncn1[C@H](C)c1ccccc1)C(F)(F)F. The van der Waals surface area contributed by atoms with Crippen molar-refractivity contribution in [1.29, 1.82) is 0 Å². The van der Waals surface area contributed by atoms with Crippen LogP contribution in [0.25, 0.3) is 0 Å². The van der Waals surface area contributed by atoms with Gasteiger partial charge in [0.1, 0.15) is 5.69 Å². The molecule has 7 nitrogen and oxygen atoms in total. The van der Waals surface area contributed by atoms with Gasteiger partial charge in [0.05, 0.1) is 18.6 Å². The number of hydrogen-bond acceptors (Lipinski definition) is 6. The first-order valence-electron chi connectivity index (χ1n) is 7.84. The Bertz CT molecular complexity index is 776. The minimum Gasteiger partial charge on any atom is -0.423 e. The van der Waals surface area contributed by atoms with E-state index < -0.39 is 31.2 Å². The van der Waals surface area contributed by atoms with Crippen molar-refractivity contribution < 1.29 is 37.0 Å². The van der Waals surface area contributed by atoms with Crippen molar-refractivity contribution in [1.82, 2.24) is 9.55 Å². The second-order valence-electron chi connectivity index (χ2n) is 5.52. The molecule has 2 atom stereocenters. The number of alkyl halides is 3. The summed E-state index contributed by atoms with van der Waals surface area (Å²) in [6.45, 7) is 1.60. The van der Waals surface area contributed by atoms with E-state index in [1.165, 1.54) is 12.5 Å². The fourth-order valence-electron chi connectivity index (χ4n) is 2.11. The van der Waals surface area contributed by atoms with E-state index in [1.54, 1.807) is 4.57 Å². The van der Waals surface area contributed by atoms with Crippen LogP contribution in [0.3, 0.4) is 0 Å². The van der Waals surface area contributed by atoms with E-state index >= 15 is 0 Å². The monoisotopic (exact) mass is 386 g/mol. The molecule has 10 heteroatoms. The third-order valence-electron chi connectivity index (χ3n) is 3.68. The topological polar surface area (TPSA) is 79.7 Å². The Morgan fingerprint density at radius 1 is 1.15 bits per heavy atom. The summed E-state index contributed by atoms with van der Waals surface area (Å²) >= 11 is 0. The molecule has 27 heavy (non-hydrogen) atoms. The van der Waals surface area contributed by atoms with Gasteiger partial charge < -0.3 is 18.8 Å². The number of hydrogen-bond donors (Lipinski definition) is 0. The van der Waals surface area contributed by atoms with E-state index in [4.69, 9.17) is 4.74 Å². The molecule has 0 aliphatic heterocycles. The first-order valence-corrected chi connectivity index (χ1v) is 7.84. The largest absolute Gasteiger partial charge is 0.511 e. The van der Waals surface area contributed by atoms with Gasteiger partial charge in [-0.25, -0.2) is 14.6 Å². The van der Waals surface area contributed by atoms with Gasteiger partial charge in [-0.2, -0.15) is 13.2 Å². The number of halogens is 3. The number of aromatic nitrogens is 2. The molecule has 0 fully saturated rings. The Balaban J connectivity index is 1.91. The predicted molar refractivity (Wildman–Crippen MR) is 85.8 cm³/mol. The first-order chi connectivity index (χ1) is 12.7. The lowest BCUT2D eigenvalue weighted by Crippen LogP contribution is -2.31. The molecule has 0 bridgehead atoms. The van der Waals surface area contributed by atoms with E-state index in [2.05, 4.69) is 14.5 Å². The van der Waals surface area contributed by atoms with Gasteiger partial charge in [-0.05, 0) is 19.4 Å². The average Bonchev–Trinajstić information content (AvgIpc) is 3.10. The van der Waals surface area contributed by atoms with Crippen molar-refractivity contribution in [2.75, 3.05) is 6.79 Å². The molecule has 1 heterocycles. The lowest BCUT2D eigenvalue weighted by molar-refractivity contribution is -0.204. The van der Waals surface area contributed by atoms with Crippen LogP contribution in [-0.4, -0.2) is 40.7 Å². The summed E-state index contributed by atoms with van der Waals surface area (Å²) in [4.78, 5) is 27.2. The quantitative estimate of drug-likeness (QED) is 0.556.